The zero-order chi connectivity index (χ0) is 15.7. The summed E-state index contributed by atoms with van der Waals surface area (Å²) in [4.78, 5) is 0. The number of hydrogen-bond acceptors (Lipinski definition) is 1. The minimum atomic E-state index is 0.754. The molecule has 1 aromatic carbocycles. The lowest BCUT2D eigenvalue weighted by atomic mass is 9.93. The van der Waals surface area contributed by atoms with Crippen molar-refractivity contribution in [2.75, 3.05) is 13.1 Å². The molecule has 120 valence electrons. The van der Waals surface area contributed by atoms with Crippen molar-refractivity contribution in [1.29, 1.82) is 0 Å². The molecule has 21 heavy (non-hydrogen) atoms. The van der Waals surface area contributed by atoms with Crippen molar-refractivity contribution >= 4 is 0 Å². The van der Waals surface area contributed by atoms with E-state index in [1.807, 2.05) is 0 Å². The van der Waals surface area contributed by atoms with Crippen molar-refractivity contribution in [1.82, 2.24) is 5.32 Å². The maximum absolute atomic E-state index is 3.55. The largest absolute Gasteiger partial charge is 0.316 e. The van der Waals surface area contributed by atoms with Crippen molar-refractivity contribution in [3.8, 4) is 0 Å². The molecule has 1 rings (SSSR count). The molecule has 1 atom stereocenters. The summed E-state index contributed by atoms with van der Waals surface area (Å²) in [6.07, 6.45) is 6.14. The predicted molar refractivity (Wildman–Crippen MR) is 95.0 cm³/mol. The van der Waals surface area contributed by atoms with Gasteiger partial charge < -0.3 is 5.32 Å². The Bertz CT molecular complexity index is 395. The van der Waals surface area contributed by atoms with Crippen LogP contribution in [0, 0.1) is 11.8 Å². The molecule has 1 aromatic rings. The highest BCUT2D eigenvalue weighted by atomic mass is 14.8. The summed E-state index contributed by atoms with van der Waals surface area (Å²) < 4.78 is 0. The molecule has 0 aliphatic carbocycles. The molecule has 0 aromatic heterocycles. The van der Waals surface area contributed by atoms with Gasteiger partial charge in [0.15, 0.2) is 0 Å². The summed E-state index contributed by atoms with van der Waals surface area (Å²) in [6, 6.07) is 7.06. The highest BCUT2D eigenvalue weighted by molar-refractivity contribution is 5.32. The molecule has 1 nitrogen and oxygen atoms in total. The van der Waals surface area contributed by atoms with Gasteiger partial charge in [-0.25, -0.2) is 0 Å². The fourth-order valence-corrected chi connectivity index (χ4v) is 2.76. The highest BCUT2D eigenvalue weighted by Crippen LogP contribution is 2.18. The topological polar surface area (TPSA) is 12.0 Å². The average molecular weight is 290 g/mol. The highest BCUT2D eigenvalue weighted by Gasteiger charge is 2.06. The van der Waals surface area contributed by atoms with Crippen LogP contribution in [0.3, 0.4) is 0 Å². The van der Waals surface area contributed by atoms with Gasteiger partial charge in [0, 0.05) is 0 Å². The van der Waals surface area contributed by atoms with Crippen LogP contribution in [0.4, 0.5) is 0 Å². The van der Waals surface area contributed by atoms with E-state index in [2.05, 4.69) is 58.1 Å². The first-order chi connectivity index (χ1) is 10.1. The van der Waals surface area contributed by atoms with Gasteiger partial charge in [0.1, 0.15) is 0 Å². The van der Waals surface area contributed by atoms with Gasteiger partial charge in [0.2, 0.25) is 0 Å². The second-order valence-corrected chi connectivity index (χ2v) is 6.84. The lowest BCUT2D eigenvalue weighted by Gasteiger charge is -2.15. The van der Waals surface area contributed by atoms with Crippen LogP contribution in [-0.4, -0.2) is 13.1 Å². The van der Waals surface area contributed by atoms with Crippen LogP contribution >= 0.6 is 0 Å². The van der Waals surface area contributed by atoms with Crippen molar-refractivity contribution in [3.05, 3.63) is 34.9 Å². The van der Waals surface area contributed by atoms with Gasteiger partial charge in [0.25, 0.3) is 0 Å². The standard InChI is InChI=1S/C20H35N/c1-6-18-9-11-19(7-2)20(14-18)10-8-17(5)12-13-21-15-16(3)4/h9,11,14,16-17,21H,6-8,10,12-13,15H2,1-5H3. The Labute approximate surface area is 132 Å². The molecular formula is C20H35N. The summed E-state index contributed by atoms with van der Waals surface area (Å²) in [7, 11) is 0. The Hall–Kier alpha value is -0.820. The van der Waals surface area contributed by atoms with Gasteiger partial charge >= 0.3 is 0 Å². The van der Waals surface area contributed by atoms with Gasteiger partial charge in [-0.05, 0) is 73.7 Å². The maximum Gasteiger partial charge on any atom is -0.00258 e. The minimum absolute atomic E-state index is 0.754. The quantitative estimate of drug-likeness (QED) is 0.597. The first kappa shape index (κ1) is 18.2. The first-order valence-corrected chi connectivity index (χ1v) is 8.88. The van der Waals surface area contributed by atoms with E-state index >= 15 is 0 Å². The SMILES string of the molecule is CCc1ccc(CC)c(CCC(C)CCNCC(C)C)c1. The number of rotatable bonds is 10. The maximum atomic E-state index is 3.55. The van der Waals surface area contributed by atoms with Crippen LogP contribution in [0.25, 0.3) is 0 Å². The molecule has 0 aliphatic heterocycles. The van der Waals surface area contributed by atoms with E-state index in [0.29, 0.717) is 0 Å². The average Bonchev–Trinajstić information content (AvgIpc) is 2.48. The Morgan fingerprint density at radius 1 is 0.952 bits per heavy atom. The van der Waals surface area contributed by atoms with E-state index < -0.39 is 0 Å². The number of nitrogens with one attached hydrogen (secondary N) is 1. The van der Waals surface area contributed by atoms with Crippen molar-refractivity contribution in [2.24, 2.45) is 11.8 Å². The second kappa shape index (κ2) is 10.00. The zero-order valence-electron chi connectivity index (χ0n) is 14.8. The molecule has 0 amide bonds. The van der Waals surface area contributed by atoms with E-state index in [-0.39, 0.29) is 0 Å². The van der Waals surface area contributed by atoms with E-state index in [1.165, 1.54) is 30.4 Å². The third-order valence-electron chi connectivity index (χ3n) is 4.33. The molecule has 0 saturated carbocycles. The molecule has 0 heterocycles. The molecule has 0 saturated heterocycles. The number of aryl methyl sites for hydroxylation is 3. The number of benzene rings is 1. The van der Waals surface area contributed by atoms with Gasteiger partial charge in [-0.2, -0.15) is 0 Å². The molecule has 0 radical (unpaired) electrons. The van der Waals surface area contributed by atoms with E-state index in [0.717, 1.165) is 37.8 Å². The van der Waals surface area contributed by atoms with E-state index in [1.54, 1.807) is 5.56 Å². The van der Waals surface area contributed by atoms with Crippen LogP contribution in [0.1, 0.15) is 64.2 Å². The van der Waals surface area contributed by atoms with E-state index in [4.69, 9.17) is 0 Å². The Morgan fingerprint density at radius 2 is 1.71 bits per heavy atom. The molecule has 0 aliphatic rings. The zero-order valence-corrected chi connectivity index (χ0v) is 14.8. The minimum Gasteiger partial charge on any atom is -0.316 e. The molecular weight excluding hydrogens is 254 g/mol. The molecule has 0 spiro atoms. The van der Waals surface area contributed by atoms with Crippen LogP contribution < -0.4 is 5.32 Å². The predicted octanol–water partition coefficient (Wildman–Crippen LogP) is 5.02. The smallest absolute Gasteiger partial charge is 0.00258 e. The van der Waals surface area contributed by atoms with Crippen LogP contribution in [0.2, 0.25) is 0 Å². The van der Waals surface area contributed by atoms with E-state index in [9.17, 15) is 0 Å². The molecule has 0 fully saturated rings. The Morgan fingerprint density at radius 3 is 2.33 bits per heavy atom. The van der Waals surface area contributed by atoms with Gasteiger partial charge in [-0.1, -0.05) is 52.8 Å². The second-order valence-electron chi connectivity index (χ2n) is 6.84. The molecule has 1 heteroatoms. The first-order valence-electron chi connectivity index (χ1n) is 8.88. The molecule has 1 unspecified atom stereocenters. The summed E-state index contributed by atoms with van der Waals surface area (Å²) >= 11 is 0. The normalized spacial score (nSPS) is 12.9. The number of hydrogen-bond donors (Lipinski definition) is 1. The van der Waals surface area contributed by atoms with Gasteiger partial charge in [-0.3, -0.25) is 0 Å². The van der Waals surface area contributed by atoms with Crippen molar-refractivity contribution < 1.29 is 0 Å². The summed E-state index contributed by atoms with van der Waals surface area (Å²) in [5, 5.41) is 3.55. The lowest BCUT2D eigenvalue weighted by Crippen LogP contribution is -2.22. The lowest BCUT2D eigenvalue weighted by molar-refractivity contribution is 0.453. The molecule has 1 N–H and O–H groups in total. The summed E-state index contributed by atoms with van der Waals surface area (Å²) in [5.41, 5.74) is 4.60. The van der Waals surface area contributed by atoms with Crippen LogP contribution in [-0.2, 0) is 19.3 Å². The van der Waals surface area contributed by atoms with Gasteiger partial charge in [-0.15, -0.1) is 0 Å². The Kier molecular flexibility index (Phi) is 8.68. The summed E-state index contributed by atoms with van der Waals surface area (Å²) in [5.74, 6) is 1.56. The van der Waals surface area contributed by atoms with Gasteiger partial charge in [0.05, 0.1) is 0 Å². The fraction of sp³-hybridized carbons (Fsp3) is 0.700. The monoisotopic (exact) mass is 289 g/mol. The van der Waals surface area contributed by atoms with Crippen LogP contribution in [0.15, 0.2) is 18.2 Å². The molecule has 0 bridgehead atoms. The van der Waals surface area contributed by atoms with Crippen molar-refractivity contribution in [3.63, 3.8) is 0 Å². The van der Waals surface area contributed by atoms with Crippen LogP contribution in [0.5, 0.6) is 0 Å². The third-order valence-corrected chi connectivity index (χ3v) is 4.33. The summed E-state index contributed by atoms with van der Waals surface area (Å²) in [6.45, 7) is 13.7. The van der Waals surface area contributed by atoms with Crippen molar-refractivity contribution in [2.45, 2.75) is 66.7 Å². The Balaban J connectivity index is 2.39. The third kappa shape index (κ3) is 7.13. The fourth-order valence-electron chi connectivity index (χ4n) is 2.76.